The third-order valence-electron chi connectivity index (χ3n) is 2.88. The van der Waals surface area contributed by atoms with Gasteiger partial charge in [-0.3, -0.25) is 4.79 Å². The van der Waals surface area contributed by atoms with Crippen molar-refractivity contribution >= 4 is 48.9 Å². The van der Waals surface area contributed by atoms with Crippen molar-refractivity contribution < 1.29 is 4.79 Å². The first kappa shape index (κ1) is 14.3. The summed E-state index contributed by atoms with van der Waals surface area (Å²) in [6, 6.07) is 5.88. The fourth-order valence-corrected chi connectivity index (χ4v) is 3.95. The Morgan fingerprint density at radius 3 is 2.74 bits per heavy atom. The molecule has 0 saturated carbocycles. The van der Waals surface area contributed by atoms with E-state index in [9.17, 15) is 4.79 Å². The van der Waals surface area contributed by atoms with E-state index in [1.807, 2.05) is 25.2 Å². The molecule has 0 spiro atoms. The maximum Gasteiger partial charge on any atom is 0.265 e. The number of benzene rings is 1. The Balaban J connectivity index is 2.43. The molecule has 1 aromatic carbocycles. The van der Waals surface area contributed by atoms with E-state index in [0.29, 0.717) is 16.5 Å². The molecule has 0 saturated heterocycles. The van der Waals surface area contributed by atoms with Crippen LogP contribution in [0.25, 0.3) is 10.1 Å². The number of amides is 1. The van der Waals surface area contributed by atoms with Gasteiger partial charge >= 0.3 is 0 Å². The van der Waals surface area contributed by atoms with Crippen molar-refractivity contribution in [3.8, 4) is 0 Å². The molecule has 2 aromatic rings. The number of hydrogen-bond donors (Lipinski definition) is 1. The highest BCUT2D eigenvalue weighted by Gasteiger charge is 2.21. The van der Waals surface area contributed by atoms with Crippen molar-refractivity contribution in [2.75, 3.05) is 19.3 Å². The third-order valence-corrected chi connectivity index (χ3v) is 4.70. The first-order valence-corrected chi connectivity index (χ1v) is 7.74. The van der Waals surface area contributed by atoms with E-state index in [1.165, 1.54) is 11.3 Å². The Kier molecular flexibility index (Phi) is 4.16. The second kappa shape index (κ2) is 5.51. The Hall–Kier alpha value is -1.07. The number of fused-ring (bicyclic) bond motifs is 1. The van der Waals surface area contributed by atoms with Gasteiger partial charge in [0, 0.05) is 28.2 Å². The lowest BCUT2D eigenvalue weighted by Gasteiger charge is -2.18. The monoisotopic (exact) mass is 340 g/mol. The minimum absolute atomic E-state index is 0.000648. The number of halogens is 1. The molecule has 0 radical (unpaired) electrons. The second-order valence-corrected chi connectivity index (χ2v) is 6.94. The van der Waals surface area contributed by atoms with E-state index in [4.69, 9.17) is 5.73 Å². The Morgan fingerprint density at radius 2 is 2.16 bits per heavy atom. The zero-order chi connectivity index (χ0) is 14.2. The highest BCUT2D eigenvalue weighted by Crippen LogP contribution is 2.38. The second-order valence-electron chi connectivity index (χ2n) is 5.04. The van der Waals surface area contributed by atoms with Crippen LogP contribution in [-0.2, 0) is 0 Å². The molecule has 102 valence electrons. The number of rotatable bonds is 3. The highest BCUT2D eigenvalue weighted by atomic mass is 79.9. The highest BCUT2D eigenvalue weighted by molar-refractivity contribution is 9.10. The third kappa shape index (κ3) is 2.77. The molecule has 1 heterocycles. The zero-order valence-electron chi connectivity index (χ0n) is 11.2. The summed E-state index contributed by atoms with van der Waals surface area (Å²) in [5.41, 5.74) is 6.72. The Labute approximate surface area is 125 Å². The predicted molar refractivity (Wildman–Crippen MR) is 85.7 cm³/mol. The van der Waals surface area contributed by atoms with Crippen LogP contribution in [0.15, 0.2) is 22.7 Å². The fraction of sp³-hybridized carbons (Fsp3) is 0.357. The Morgan fingerprint density at radius 1 is 1.47 bits per heavy atom. The standard InChI is InChI=1S/C14H17BrN2OS/c1-8(2)7-17(3)14(18)13-12(16)11-9(15)5-4-6-10(11)19-13/h4-6,8H,7,16H2,1-3H3. The molecular formula is C14H17BrN2OS. The van der Waals surface area contributed by atoms with Gasteiger partial charge in [-0.1, -0.05) is 35.8 Å². The molecule has 19 heavy (non-hydrogen) atoms. The summed E-state index contributed by atoms with van der Waals surface area (Å²) in [5, 5.41) is 0.939. The van der Waals surface area contributed by atoms with Crippen molar-refractivity contribution in [2.45, 2.75) is 13.8 Å². The normalized spacial score (nSPS) is 11.2. The van der Waals surface area contributed by atoms with Crippen LogP contribution in [0.1, 0.15) is 23.5 Å². The topological polar surface area (TPSA) is 46.3 Å². The lowest BCUT2D eigenvalue weighted by Crippen LogP contribution is -2.30. The maximum absolute atomic E-state index is 12.4. The number of carbonyl (C=O) groups excluding carboxylic acids is 1. The molecule has 0 aliphatic heterocycles. The van der Waals surface area contributed by atoms with Crippen LogP contribution in [0.4, 0.5) is 5.69 Å². The first-order chi connectivity index (χ1) is 8.91. The summed E-state index contributed by atoms with van der Waals surface area (Å²) in [5.74, 6) is 0.440. The largest absolute Gasteiger partial charge is 0.397 e. The minimum Gasteiger partial charge on any atom is -0.397 e. The van der Waals surface area contributed by atoms with E-state index in [2.05, 4.69) is 29.8 Å². The molecule has 3 nitrogen and oxygen atoms in total. The summed E-state index contributed by atoms with van der Waals surface area (Å²) in [7, 11) is 1.82. The summed E-state index contributed by atoms with van der Waals surface area (Å²) < 4.78 is 1.97. The maximum atomic E-state index is 12.4. The van der Waals surface area contributed by atoms with Gasteiger partial charge in [0.15, 0.2) is 0 Å². The number of nitrogen functional groups attached to an aromatic ring is 1. The van der Waals surface area contributed by atoms with Gasteiger partial charge in [-0.05, 0) is 18.1 Å². The molecule has 1 amide bonds. The molecule has 2 rings (SSSR count). The van der Waals surface area contributed by atoms with Crippen LogP contribution in [0, 0.1) is 5.92 Å². The van der Waals surface area contributed by atoms with Crippen LogP contribution >= 0.6 is 27.3 Å². The van der Waals surface area contributed by atoms with E-state index in [-0.39, 0.29) is 5.91 Å². The van der Waals surface area contributed by atoms with Gasteiger partial charge < -0.3 is 10.6 Å². The van der Waals surface area contributed by atoms with Gasteiger partial charge in [0.05, 0.1) is 5.69 Å². The number of nitrogens with zero attached hydrogens (tertiary/aromatic N) is 1. The Bertz CT molecular complexity index is 621. The molecule has 0 unspecified atom stereocenters. The molecule has 0 aliphatic rings. The summed E-state index contributed by atoms with van der Waals surface area (Å²) >= 11 is 4.94. The van der Waals surface area contributed by atoms with Gasteiger partial charge in [0.25, 0.3) is 5.91 Å². The quantitative estimate of drug-likeness (QED) is 0.918. The van der Waals surface area contributed by atoms with E-state index in [1.54, 1.807) is 4.90 Å². The molecule has 5 heteroatoms. The molecule has 0 fully saturated rings. The van der Waals surface area contributed by atoms with Crippen molar-refractivity contribution in [3.05, 3.63) is 27.5 Å². The molecule has 0 aliphatic carbocycles. The van der Waals surface area contributed by atoms with Crippen molar-refractivity contribution in [3.63, 3.8) is 0 Å². The number of anilines is 1. The summed E-state index contributed by atoms with van der Waals surface area (Å²) in [6.07, 6.45) is 0. The molecule has 2 N–H and O–H groups in total. The van der Waals surface area contributed by atoms with Gasteiger partial charge in [-0.25, -0.2) is 0 Å². The van der Waals surface area contributed by atoms with Gasteiger partial charge in [0.2, 0.25) is 0 Å². The fourth-order valence-electron chi connectivity index (χ4n) is 2.09. The SMILES string of the molecule is CC(C)CN(C)C(=O)c1sc2cccc(Br)c2c1N. The molecule has 0 atom stereocenters. The van der Waals surface area contributed by atoms with Crippen molar-refractivity contribution in [1.82, 2.24) is 4.90 Å². The predicted octanol–water partition coefficient (Wildman–Crippen LogP) is 3.97. The number of thiophene rings is 1. The zero-order valence-corrected chi connectivity index (χ0v) is 13.6. The van der Waals surface area contributed by atoms with Gasteiger partial charge in [-0.2, -0.15) is 0 Å². The number of nitrogens with two attached hydrogens (primary N) is 1. The lowest BCUT2D eigenvalue weighted by molar-refractivity contribution is 0.0785. The van der Waals surface area contributed by atoms with E-state index >= 15 is 0 Å². The molecular weight excluding hydrogens is 324 g/mol. The average Bonchev–Trinajstić information content (AvgIpc) is 2.66. The van der Waals surface area contributed by atoms with Gasteiger partial charge in [-0.15, -0.1) is 11.3 Å². The first-order valence-electron chi connectivity index (χ1n) is 6.13. The smallest absolute Gasteiger partial charge is 0.265 e. The average molecular weight is 341 g/mol. The van der Waals surface area contributed by atoms with Gasteiger partial charge in [0.1, 0.15) is 4.88 Å². The van der Waals surface area contributed by atoms with Crippen LogP contribution in [0.3, 0.4) is 0 Å². The minimum atomic E-state index is -0.000648. The van der Waals surface area contributed by atoms with E-state index < -0.39 is 0 Å². The summed E-state index contributed by atoms with van der Waals surface area (Å²) in [6.45, 7) is 4.91. The van der Waals surface area contributed by atoms with Crippen molar-refractivity contribution in [2.24, 2.45) is 5.92 Å². The molecule has 0 bridgehead atoms. The summed E-state index contributed by atoms with van der Waals surface area (Å²) in [4.78, 5) is 14.8. The van der Waals surface area contributed by atoms with Crippen LogP contribution in [0.2, 0.25) is 0 Å². The van der Waals surface area contributed by atoms with Crippen LogP contribution in [-0.4, -0.2) is 24.4 Å². The van der Waals surface area contributed by atoms with E-state index in [0.717, 1.165) is 21.1 Å². The number of carbonyl (C=O) groups is 1. The van der Waals surface area contributed by atoms with Crippen molar-refractivity contribution in [1.29, 1.82) is 0 Å². The number of hydrogen-bond acceptors (Lipinski definition) is 3. The van der Waals surface area contributed by atoms with Crippen LogP contribution in [0.5, 0.6) is 0 Å². The lowest BCUT2D eigenvalue weighted by atomic mass is 10.2. The van der Waals surface area contributed by atoms with Crippen LogP contribution < -0.4 is 5.73 Å². The molecule has 1 aromatic heterocycles.